The molecular formula is C21H30N4O2. The molecule has 0 aromatic heterocycles. The highest BCUT2D eigenvalue weighted by atomic mass is 16.2. The van der Waals surface area contributed by atoms with Gasteiger partial charge < -0.3 is 15.1 Å². The molecule has 1 saturated heterocycles. The molecule has 3 aliphatic rings. The van der Waals surface area contributed by atoms with Crippen LogP contribution in [0.1, 0.15) is 37.7 Å². The van der Waals surface area contributed by atoms with Crippen LogP contribution in [0.4, 0.5) is 10.5 Å². The molecule has 6 heteroatoms. The van der Waals surface area contributed by atoms with E-state index in [0.29, 0.717) is 12.5 Å². The first kappa shape index (κ1) is 18.3. The molecule has 0 bridgehead atoms. The van der Waals surface area contributed by atoms with Crippen LogP contribution in [-0.2, 0) is 11.2 Å². The first-order valence-electron chi connectivity index (χ1n) is 10.4. The zero-order chi connectivity index (χ0) is 18.6. The van der Waals surface area contributed by atoms with Gasteiger partial charge in [-0.2, -0.15) is 0 Å². The molecule has 146 valence electrons. The Morgan fingerprint density at radius 2 is 1.74 bits per heavy atom. The third-order valence-electron chi connectivity index (χ3n) is 6.17. The predicted octanol–water partition coefficient (Wildman–Crippen LogP) is 2.24. The van der Waals surface area contributed by atoms with E-state index in [1.54, 1.807) is 0 Å². The van der Waals surface area contributed by atoms with Gasteiger partial charge in [-0.1, -0.05) is 31.0 Å². The lowest BCUT2D eigenvalue weighted by Gasteiger charge is -2.35. The number of fused-ring (bicyclic) bond motifs is 1. The van der Waals surface area contributed by atoms with Crippen molar-refractivity contribution < 1.29 is 9.59 Å². The highest BCUT2D eigenvalue weighted by molar-refractivity contribution is 5.95. The van der Waals surface area contributed by atoms with E-state index < -0.39 is 0 Å². The molecule has 2 heterocycles. The van der Waals surface area contributed by atoms with Gasteiger partial charge in [-0.3, -0.25) is 9.69 Å². The zero-order valence-corrected chi connectivity index (χ0v) is 16.0. The molecule has 0 atom stereocenters. The molecule has 6 nitrogen and oxygen atoms in total. The number of rotatable bonds is 4. The van der Waals surface area contributed by atoms with Gasteiger partial charge in [0.1, 0.15) is 0 Å². The lowest BCUT2D eigenvalue weighted by molar-refractivity contribution is -0.118. The number of urea groups is 1. The molecule has 4 rings (SSSR count). The maximum Gasteiger partial charge on any atom is 0.317 e. The molecule has 1 aromatic rings. The SMILES string of the molecule is O=C(NC1CCCC1)N1CCN(CCC(=O)N2CCc3ccccc32)CC1. The average Bonchev–Trinajstić information content (AvgIpc) is 3.36. The summed E-state index contributed by atoms with van der Waals surface area (Å²) in [4.78, 5) is 31.2. The highest BCUT2D eigenvalue weighted by Crippen LogP contribution is 2.27. The number of amides is 3. The first-order chi connectivity index (χ1) is 13.2. The number of hydrogen-bond acceptors (Lipinski definition) is 3. The lowest BCUT2D eigenvalue weighted by atomic mass is 10.2. The molecule has 1 saturated carbocycles. The van der Waals surface area contributed by atoms with Crippen molar-refractivity contribution in [3.63, 3.8) is 0 Å². The van der Waals surface area contributed by atoms with Crippen LogP contribution in [0.25, 0.3) is 0 Å². The minimum Gasteiger partial charge on any atom is -0.335 e. The predicted molar refractivity (Wildman–Crippen MR) is 106 cm³/mol. The van der Waals surface area contributed by atoms with Gasteiger partial charge in [0.2, 0.25) is 5.91 Å². The van der Waals surface area contributed by atoms with Gasteiger partial charge in [0.25, 0.3) is 0 Å². The van der Waals surface area contributed by atoms with E-state index in [1.807, 2.05) is 28.0 Å². The van der Waals surface area contributed by atoms with Crippen molar-refractivity contribution in [1.82, 2.24) is 15.1 Å². The number of para-hydroxylation sites is 1. The molecule has 27 heavy (non-hydrogen) atoms. The fourth-order valence-corrected chi connectivity index (χ4v) is 4.50. The summed E-state index contributed by atoms with van der Waals surface area (Å²) < 4.78 is 0. The molecule has 2 aliphatic heterocycles. The zero-order valence-electron chi connectivity index (χ0n) is 16.0. The normalized spacial score (nSPS) is 20.7. The molecule has 1 aliphatic carbocycles. The molecular weight excluding hydrogens is 340 g/mol. The van der Waals surface area contributed by atoms with Crippen LogP contribution < -0.4 is 10.2 Å². The number of carbonyl (C=O) groups is 2. The largest absolute Gasteiger partial charge is 0.335 e. The van der Waals surface area contributed by atoms with Gasteiger partial charge in [-0.15, -0.1) is 0 Å². The summed E-state index contributed by atoms with van der Waals surface area (Å²) in [6, 6.07) is 8.65. The Labute approximate surface area is 161 Å². The van der Waals surface area contributed by atoms with Crippen molar-refractivity contribution >= 4 is 17.6 Å². The maximum absolute atomic E-state index is 12.6. The van der Waals surface area contributed by atoms with Crippen LogP contribution in [0.2, 0.25) is 0 Å². The van der Waals surface area contributed by atoms with E-state index in [9.17, 15) is 9.59 Å². The molecule has 2 fully saturated rings. The average molecular weight is 370 g/mol. The molecule has 0 spiro atoms. The number of piperazine rings is 1. The lowest BCUT2D eigenvalue weighted by Crippen LogP contribution is -2.53. The van der Waals surface area contributed by atoms with Gasteiger partial charge >= 0.3 is 6.03 Å². The maximum atomic E-state index is 12.6. The third-order valence-corrected chi connectivity index (χ3v) is 6.17. The van der Waals surface area contributed by atoms with Crippen LogP contribution in [-0.4, -0.2) is 67.0 Å². The molecule has 1 aromatic carbocycles. The quantitative estimate of drug-likeness (QED) is 0.884. The minimum absolute atomic E-state index is 0.0892. The standard InChI is InChI=1S/C21H30N4O2/c26-20(25-12-9-17-5-1-4-8-19(17)25)10-11-23-13-15-24(16-14-23)21(27)22-18-6-2-3-7-18/h1,4-5,8,18H,2-3,6-7,9-16H2,(H,22,27). The summed E-state index contributed by atoms with van der Waals surface area (Å²) in [5, 5.41) is 3.17. The van der Waals surface area contributed by atoms with Crippen LogP contribution >= 0.6 is 0 Å². The third kappa shape index (κ3) is 4.26. The van der Waals surface area contributed by atoms with E-state index >= 15 is 0 Å². The Hall–Kier alpha value is -2.08. The topological polar surface area (TPSA) is 55.9 Å². The van der Waals surface area contributed by atoms with Crippen molar-refractivity contribution in [2.45, 2.75) is 44.6 Å². The summed E-state index contributed by atoms with van der Waals surface area (Å²) in [6.45, 7) is 4.77. The summed E-state index contributed by atoms with van der Waals surface area (Å²) in [7, 11) is 0. The van der Waals surface area contributed by atoms with Crippen molar-refractivity contribution in [3.8, 4) is 0 Å². The Morgan fingerprint density at radius 3 is 2.52 bits per heavy atom. The van der Waals surface area contributed by atoms with E-state index in [0.717, 1.165) is 64.2 Å². The Balaban J connectivity index is 1.20. The van der Waals surface area contributed by atoms with Gasteiger partial charge in [-0.05, 0) is 30.9 Å². The summed E-state index contributed by atoms with van der Waals surface area (Å²) in [6.07, 6.45) is 6.20. The number of anilines is 1. The summed E-state index contributed by atoms with van der Waals surface area (Å²) >= 11 is 0. The molecule has 3 amide bonds. The minimum atomic E-state index is 0.0892. The van der Waals surface area contributed by atoms with E-state index in [2.05, 4.69) is 16.3 Å². The molecule has 0 radical (unpaired) electrons. The fraction of sp³-hybridized carbons (Fsp3) is 0.619. The Bertz CT molecular complexity index is 679. The Morgan fingerprint density at radius 1 is 1.00 bits per heavy atom. The summed E-state index contributed by atoms with van der Waals surface area (Å²) in [5.74, 6) is 0.210. The number of benzene rings is 1. The van der Waals surface area contributed by atoms with Gasteiger partial charge in [0.05, 0.1) is 0 Å². The van der Waals surface area contributed by atoms with Crippen molar-refractivity contribution in [2.75, 3.05) is 44.2 Å². The molecule has 1 N–H and O–H groups in total. The number of nitrogens with zero attached hydrogens (tertiary/aromatic N) is 3. The second-order valence-electron chi connectivity index (χ2n) is 7.93. The second-order valence-corrected chi connectivity index (χ2v) is 7.93. The van der Waals surface area contributed by atoms with Crippen LogP contribution in [0.3, 0.4) is 0 Å². The summed E-state index contributed by atoms with van der Waals surface area (Å²) in [5.41, 5.74) is 2.35. The Kier molecular flexibility index (Phi) is 5.62. The number of hydrogen-bond donors (Lipinski definition) is 1. The van der Waals surface area contributed by atoms with E-state index in [-0.39, 0.29) is 11.9 Å². The smallest absolute Gasteiger partial charge is 0.317 e. The second kappa shape index (κ2) is 8.30. The highest BCUT2D eigenvalue weighted by Gasteiger charge is 2.27. The van der Waals surface area contributed by atoms with E-state index in [4.69, 9.17) is 0 Å². The van der Waals surface area contributed by atoms with Crippen LogP contribution in [0, 0.1) is 0 Å². The first-order valence-corrected chi connectivity index (χ1v) is 10.4. The van der Waals surface area contributed by atoms with Gasteiger partial charge in [0.15, 0.2) is 0 Å². The van der Waals surface area contributed by atoms with Crippen LogP contribution in [0.5, 0.6) is 0 Å². The monoisotopic (exact) mass is 370 g/mol. The van der Waals surface area contributed by atoms with Gasteiger partial charge in [-0.25, -0.2) is 4.79 Å². The van der Waals surface area contributed by atoms with Crippen molar-refractivity contribution in [2.24, 2.45) is 0 Å². The van der Waals surface area contributed by atoms with E-state index in [1.165, 1.54) is 18.4 Å². The number of carbonyl (C=O) groups excluding carboxylic acids is 2. The van der Waals surface area contributed by atoms with Gasteiger partial charge in [0, 0.05) is 57.4 Å². The fourth-order valence-electron chi connectivity index (χ4n) is 4.50. The number of nitrogens with one attached hydrogen (secondary N) is 1. The van der Waals surface area contributed by atoms with Crippen LogP contribution in [0.15, 0.2) is 24.3 Å². The molecule has 0 unspecified atom stereocenters. The van der Waals surface area contributed by atoms with Crippen molar-refractivity contribution in [1.29, 1.82) is 0 Å². The van der Waals surface area contributed by atoms with Crippen molar-refractivity contribution in [3.05, 3.63) is 29.8 Å².